The average Bonchev–Trinajstić information content (AvgIpc) is 2.16. The van der Waals surface area contributed by atoms with Crippen LogP contribution >= 0.6 is 46.6 Å². The highest BCUT2D eigenvalue weighted by Crippen LogP contribution is 2.19. The summed E-state index contributed by atoms with van der Waals surface area (Å²) in [7, 11) is 0. The summed E-state index contributed by atoms with van der Waals surface area (Å²) in [6.07, 6.45) is 3.61. The molecule has 12 heavy (non-hydrogen) atoms. The molecule has 1 atom stereocenters. The Kier molecular flexibility index (Phi) is 5.10. The van der Waals surface area contributed by atoms with Gasteiger partial charge in [0.15, 0.2) is 0 Å². The number of halogens is 1. The van der Waals surface area contributed by atoms with Crippen molar-refractivity contribution in [3.63, 3.8) is 0 Å². The summed E-state index contributed by atoms with van der Waals surface area (Å²) in [5, 5.41) is 1.80. The molecule has 0 N–H and O–H groups in total. The molecule has 64 valence electrons. The normalized spacial score (nSPS) is 12.4. The molecule has 1 rings (SSSR count). The van der Waals surface area contributed by atoms with Crippen LogP contribution in [0.2, 0.25) is 0 Å². The maximum absolute atomic E-state index is 4.83. The molecule has 0 aliphatic rings. The summed E-state index contributed by atoms with van der Waals surface area (Å²) in [5.41, 5.74) is 0. The third-order valence-electron chi connectivity index (χ3n) is 1.21. The van der Waals surface area contributed by atoms with Gasteiger partial charge in [0.05, 0.1) is 0 Å². The molecule has 1 aromatic rings. The smallest absolute Gasteiger partial charge is 0.0486 e. The molecular weight excluding hydrogens is 301 g/mol. The summed E-state index contributed by atoms with van der Waals surface area (Å²) in [6.45, 7) is 0. The highest BCUT2D eigenvalue weighted by atomic mass is 127. The van der Waals surface area contributed by atoms with E-state index in [1.54, 1.807) is 5.37 Å². The summed E-state index contributed by atoms with van der Waals surface area (Å²) in [4.78, 5) is 5.20. The number of hydrogen-bond acceptors (Lipinski definition) is 3. The highest BCUT2D eigenvalue weighted by molar-refractivity contribution is 14.1. The summed E-state index contributed by atoms with van der Waals surface area (Å²) < 4.78 is 0.468. The fourth-order valence-corrected chi connectivity index (χ4v) is 2.17. The fraction of sp³-hybridized carbons (Fsp3) is 0.250. The molecule has 0 spiro atoms. The van der Waals surface area contributed by atoms with E-state index in [0.29, 0.717) is 3.92 Å². The van der Waals surface area contributed by atoms with Gasteiger partial charge in [0.1, 0.15) is 0 Å². The van der Waals surface area contributed by atoms with Crippen LogP contribution in [0.3, 0.4) is 0 Å². The number of aromatic nitrogens is 1. The Morgan fingerprint density at radius 1 is 1.58 bits per heavy atom. The van der Waals surface area contributed by atoms with Gasteiger partial charge in [-0.05, 0) is 17.5 Å². The van der Waals surface area contributed by atoms with E-state index in [-0.39, 0.29) is 0 Å². The van der Waals surface area contributed by atoms with Gasteiger partial charge in [0.25, 0.3) is 0 Å². The third kappa shape index (κ3) is 3.82. The minimum absolute atomic E-state index is 0.468. The van der Waals surface area contributed by atoms with Crippen molar-refractivity contribution >= 4 is 51.9 Å². The molecule has 1 nitrogen and oxygen atoms in total. The minimum atomic E-state index is 0.468. The summed E-state index contributed by atoms with van der Waals surface area (Å²) in [6, 6.07) is 4.02. The second kappa shape index (κ2) is 5.88. The first-order valence-corrected chi connectivity index (χ1v) is 6.15. The number of thiocarbonyl (C=S) groups is 1. The van der Waals surface area contributed by atoms with Gasteiger partial charge in [-0.15, -0.1) is 11.8 Å². The van der Waals surface area contributed by atoms with Gasteiger partial charge in [-0.3, -0.25) is 4.98 Å². The third-order valence-corrected chi connectivity index (χ3v) is 4.55. The molecule has 0 fully saturated rings. The largest absolute Gasteiger partial charge is 0.265 e. The zero-order valence-electron chi connectivity index (χ0n) is 6.31. The first kappa shape index (κ1) is 10.4. The van der Waals surface area contributed by atoms with E-state index < -0.39 is 0 Å². The Morgan fingerprint density at radius 2 is 2.25 bits per heavy atom. The van der Waals surface area contributed by atoms with Crippen LogP contribution in [0.4, 0.5) is 0 Å². The maximum Gasteiger partial charge on any atom is 0.0486 e. The molecule has 1 heterocycles. The van der Waals surface area contributed by atoms with Crippen molar-refractivity contribution in [3.05, 3.63) is 24.5 Å². The van der Waals surface area contributed by atoms with Crippen molar-refractivity contribution in [2.45, 2.75) is 8.82 Å². The van der Waals surface area contributed by atoms with E-state index >= 15 is 0 Å². The predicted molar refractivity (Wildman–Crippen MR) is 66.4 cm³/mol. The summed E-state index contributed by atoms with van der Waals surface area (Å²) in [5.74, 6) is 1.04. The van der Waals surface area contributed by atoms with E-state index in [0.717, 1.165) is 5.75 Å². The lowest BCUT2D eigenvalue weighted by Crippen LogP contribution is -1.99. The molecule has 1 unspecified atom stereocenters. The lowest BCUT2D eigenvalue weighted by Gasteiger charge is -2.01. The average molecular weight is 309 g/mol. The van der Waals surface area contributed by atoms with Crippen LogP contribution in [0.25, 0.3) is 0 Å². The Labute approximate surface area is 95.5 Å². The van der Waals surface area contributed by atoms with Gasteiger partial charge in [0.2, 0.25) is 0 Å². The van der Waals surface area contributed by atoms with Gasteiger partial charge in [0, 0.05) is 27.0 Å². The molecule has 0 aliphatic heterocycles. The number of thioether (sulfide) groups is 1. The standard InChI is InChI=1S/C8H8INS2/c9-7(5-11)6-12-8-1-3-10-4-2-8/h1-5,7H,6H2. The van der Waals surface area contributed by atoms with Gasteiger partial charge < -0.3 is 0 Å². The Balaban J connectivity index is 2.38. The Bertz CT molecular complexity index is 240. The van der Waals surface area contributed by atoms with Gasteiger partial charge in [-0.1, -0.05) is 34.8 Å². The lowest BCUT2D eigenvalue weighted by atomic mass is 10.5. The quantitative estimate of drug-likeness (QED) is 0.367. The van der Waals surface area contributed by atoms with Crippen LogP contribution in [-0.2, 0) is 0 Å². The van der Waals surface area contributed by atoms with Crippen LogP contribution in [0.1, 0.15) is 0 Å². The molecule has 4 heteroatoms. The SMILES string of the molecule is S=CC(I)CSc1ccncc1. The molecule has 0 radical (unpaired) electrons. The number of pyridine rings is 1. The van der Waals surface area contributed by atoms with Crippen LogP contribution in [0.5, 0.6) is 0 Å². The van der Waals surface area contributed by atoms with Crippen molar-refractivity contribution in [2.75, 3.05) is 5.75 Å². The van der Waals surface area contributed by atoms with Crippen LogP contribution in [-0.4, -0.2) is 20.0 Å². The molecule has 0 bridgehead atoms. The van der Waals surface area contributed by atoms with Crippen LogP contribution < -0.4 is 0 Å². The number of rotatable bonds is 4. The first-order valence-electron chi connectivity index (χ1n) is 3.45. The molecular formula is C8H8INS2. The molecule has 0 saturated carbocycles. The van der Waals surface area contributed by atoms with Crippen LogP contribution in [0.15, 0.2) is 29.4 Å². The Morgan fingerprint density at radius 3 is 2.83 bits per heavy atom. The van der Waals surface area contributed by atoms with Gasteiger partial charge >= 0.3 is 0 Å². The minimum Gasteiger partial charge on any atom is -0.265 e. The van der Waals surface area contributed by atoms with Crippen molar-refractivity contribution in [1.29, 1.82) is 0 Å². The molecule has 0 amide bonds. The van der Waals surface area contributed by atoms with Crippen molar-refractivity contribution in [3.8, 4) is 0 Å². The van der Waals surface area contributed by atoms with E-state index in [9.17, 15) is 0 Å². The molecule has 0 aliphatic carbocycles. The lowest BCUT2D eigenvalue weighted by molar-refractivity contribution is 1.26. The van der Waals surface area contributed by atoms with Crippen molar-refractivity contribution in [1.82, 2.24) is 4.98 Å². The van der Waals surface area contributed by atoms with E-state index in [1.165, 1.54) is 4.90 Å². The molecule has 0 aromatic carbocycles. The maximum atomic E-state index is 4.83. The van der Waals surface area contributed by atoms with E-state index in [2.05, 4.69) is 27.6 Å². The first-order chi connectivity index (χ1) is 5.83. The van der Waals surface area contributed by atoms with Crippen molar-refractivity contribution in [2.24, 2.45) is 0 Å². The molecule has 0 saturated heterocycles. The second-order valence-electron chi connectivity index (χ2n) is 2.15. The van der Waals surface area contributed by atoms with Crippen molar-refractivity contribution < 1.29 is 0 Å². The molecule has 1 aromatic heterocycles. The van der Waals surface area contributed by atoms with E-state index in [4.69, 9.17) is 12.2 Å². The zero-order valence-corrected chi connectivity index (χ0v) is 10.1. The Hall–Kier alpha value is 0.320. The van der Waals surface area contributed by atoms with E-state index in [1.807, 2.05) is 36.3 Å². The number of alkyl halides is 1. The van der Waals surface area contributed by atoms with Gasteiger partial charge in [-0.2, -0.15) is 0 Å². The highest BCUT2D eigenvalue weighted by Gasteiger charge is 1.99. The van der Waals surface area contributed by atoms with Crippen LogP contribution in [0, 0.1) is 0 Å². The predicted octanol–water partition coefficient (Wildman–Crippen LogP) is 2.98. The zero-order chi connectivity index (χ0) is 8.81. The topological polar surface area (TPSA) is 12.9 Å². The second-order valence-corrected chi connectivity index (χ2v) is 5.11. The monoisotopic (exact) mass is 309 g/mol. The fourth-order valence-electron chi connectivity index (χ4n) is 0.650. The summed E-state index contributed by atoms with van der Waals surface area (Å²) >= 11 is 8.98. The van der Waals surface area contributed by atoms with Gasteiger partial charge in [-0.25, -0.2) is 0 Å². The number of nitrogens with zero attached hydrogens (tertiary/aromatic N) is 1. The number of hydrogen-bond donors (Lipinski definition) is 0.